The Labute approximate surface area is 124 Å². The molecule has 2 aliphatic rings. The highest BCUT2D eigenvalue weighted by Crippen LogP contribution is 2.42. The predicted molar refractivity (Wildman–Crippen MR) is 85.9 cm³/mol. The van der Waals surface area contributed by atoms with E-state index in [4.69, 9.17) is 0 Å². The molecule has 4 heteroatoms. The Kier molecular flexibility index (Phi) is 5.51. The molecule has 1 aliphatic carbocycles. The van der Waals surface area contributed by atoms with Crippen LogP contribution in [0, 0.1) is 17.2 Å². The maximum Gasteiger partial charge on any atom is 0.145 e. The monoisotopic (exact) mass is 296 g/mol. The molecule has 1 saturated heterocycles. The van der Waals surface area contributed by atoms with E-state index in [0.717, 1.165) is 11.7 Å². The molecule has 1 spiro atoms. The van der Waals surface area contributed by atoms with Gasteiger partial charge >= 0.3 is 0 Å². The maximum atomic E-state index is 13.7. The minimum absolute atomic E-state index is 0.145. The van der Waals surface area contributed by atoms with Crippen LogP contribution in [0.15, 0.2) is 12.3 Å². The van der Waals surface area contributed by atoms with Gasteiger partial charge in [-0.1, -0.05) is 13.8 Å². The van der Waals surface area contributed by atoms with E-state index in [1.54, 1.807) is 12.3 Å². The van der Waals surface area contributed by atoms with E-state index in [1.165, 1.54) is 38.8 Å². The Morgan fingerprint density at radius 3 is 2.50 bits per heavy atom. The zero-order valence-electron chi connectivity index (χ0n) is 12.6. The molecule has 1 aromatic heterocycles. The Morgan fingerprint density at radius 2 is 2.00 bits per heavy atom. The van der Waals surface area contributed by atoms with Gasteiger partial charge in [-0.15, -0.1) is 9.24 Å². The molecule has 0 amide bonds. The van der Waals surface area contributed by atoms with Crippen LogP contribution in [0.2, 0.25) is 0 Å². The van der Waals surface area contributed by atoms with E-state index >= 15 is 0 Å². The van der Waals surface area contributed by atoms with Crippen molar-refractivity contribution < 1.29 is 4.39 Å². The van der Waals surface area contributed by atoms with Crippen LogP contribution in [0.4, 0.5) is 4.39 Å². The predicted octanol–water partition coefficient (Wildman–Crippen LogP) is 3.07. The Hall–Kier alpha value is -0.530. The highest BCUT2D eigenvalue weighted by Gasteiger charge is 2.40. The molecule has 2 heterocycles. The topological polar surface area (TPSA) is 24.9 Å². The Morgan fingerprint density at radius 1 is 1.35 bits per heavy atom. The van der Waals surface area contributed by atoms with Gasteiger partial charge in [-0.05, 0) is 54.8 Å². The van der Waals surface area contributed by atoms with Crippen molar-refractivity contribution in [3.05, 3.63) is 23.8 Å². The zero-order valence-corrected chi connectivity index (χ0v) is 13.7. The molecular weight excluding hydrogens is 270 g/mol. The van der Waals surface area contributed by atoms with Gasteiger partial charge in [0, 0.05) is 19.3 Å². The molecule has 1 unspecified atom stereocenters. The number of hydrogen-bond acceptors (Lipinski definition) is 2. The summed E-state index contributed by atoms with van der Waals surface area (Å²) in [6, 6.07) is 1.56. The lowest BCUT2D eigenvalue weighted by Gasteiger charge is -2.47. The standard InChI is InChI=1S/C14H20FN2P.C2H6/c15-12-6-11(18)7-17-13(12)5-10-1-3-14(4-2-10)8-16-9-14;1-2/h6-7,10,16H,1-5,8-9,18H2;1-2H3. The molecule has 20 heavy (non-hydrogen) atoms. The minimum atomic E-state index is -0.145. The first-order valence-electron chi connectivity index (χ1n) is 7.78. The smallest absolute Gasteiger partial charge is 0.145 e. The number of nitrogens with zero attached hydrogens (tertiary/aromatic N) is 1. The molecule has 1 saturated carbocycles. The molecule has 1 atom stereocenters. The molecule has 1 aromatic rings. The lowest BCUT2D eigenvalue weighted by atomic mass is 9.66. The third-order valence-electron chi connectivity index (χ3n) is 4.59. The number of rotatable bonds is 2. The summed E-state index contributed by atoms with van der Waals surface area (Å²) >= 11 is 0. The third-order valence-corrected chi connectivity index (χ3v) is 4.90. The number of aromatic nitrogens is 1. The molecule has 112 valence electrons. The van der Waals surface area contributed by atoms with Crippen LogP contribution in [0.5, 0.6) is 0 Å². The van der Waals surface area contributed by atoms with Crippen LogP contribution in [0.1, 0.15) is 45.2 Å². The molecule has 0 radical (unpaired) electrons. The lowest BCUT2D eigenvalue weighted by Crippen LogP contribution is -2.54. The van der Waals surface area contributed by atoms with E-state index in [0.29, 0.717) is 17.0 Å². The fourth-order valence-electron chi connectivity index (χ4n) is 3.23. The lowest BCUT2D eigenvalue weighted by molar-refractivity contribution is 0.0813. The fraction of sp³-hybridized carbons (Fsp3) is 0.688. The summed E-state index contributed by atoms with van der Waals surface area (Å²) in [5.41, 5.74) is 1.24. The molecule has 0 bridgehead atoms. The summed E-state index contributed by atoms with van der Waals surface area (Å²) in [5, 5.41) is 4.20. The van der Waals surface area contributed by atoms with E-state index in [1.807, 2.05) is 13.8 Å². The fourth-order valence-corrected chi connectivity index (χ4v) is 3.45. The van der Waals surface area contributed by atoms with E-state index < -0.39 is 0 Å². The second-order valence-corrected chi connectivity index (χ2v) is 6.61. The van der Waals surface area contributed by atoms with Gasteiger partial charge in [-0.3, -0.25) is 4.98 Å². The molecule has 0 aromatic carbocycles. The van der Waals surface area contributed by atoms with Crippen molar-refractivity contribution in [3.63, 3.8) is 0 Å². The van der Waals surface area contributed by atoms with Crippen molar-refractivity contribution in [2.24, 2.45) is 11.3 Å². The first kappa shape index (κ1) is 15.9. The van der Waals surface area contributed by atoms with Crippen LogP contribution in [-0.2, 0) is 6.42 Å². The number of nitrogens with one attached hydrogen (secondary N) is 1. The van der Waals surface area contributed by atoms with Crippen molar-refractivity contribution in [1.29, 1.82) is 0 Å². The second-order valence-electron chi connectivity index (χ2n) is 5.95. The Bertz CT molecular complexity index is 436. The summed E-state index contributed by atoms with van der Waals surface area (Å²) in [7, 11) is 2.49. The largest absolute Gasteiger partial charge is 0.316 e. The van der Waals surface area contributed by atoms with Crippen molar-refractivity contribution >= 4 is 14.5 Å². The van der Waals surface area contributed by atoms with Crippen molar-refractivity contribution in [2.45, 2.75) is 46.0 Å². The van der Waals surface area contributed by atoms with Crippen molar-refractivity contribution in [2.75, 3.05) is 13.1 Å². The highest BCUT2D eigenvalue weighted by molar-refractivity contribution is 7.27. The first-order chi connectivity index (χ1) is 9.67. The second kappa shape index (κ2) is 6.95. The SMILES string of the molecule is CC.Fc1cc(P)cnc1CC1CCC2(CC1)CNC2. The van der Waals surface area contributed by atoms with Crippen LogP contribution in [0.25, 0.3) is 0 Å². The summed E-state index contributed by atoms with van der Waals surface area (Å²) in [5.74, 6) is 0.474. The summed E-state index contributed by atoms with van der Waals surface area (Å²) < 4.78 is 13.7. The van der Waals surface area contributed by atoms with Gasteiger partial charge in [0.15, 0.2) is 0 Å². The average molecular weight is 296 g/mol. The van der Waals surface area contributed by atoms with Gasteiger partial charge in [0.1, 0.15) is 5.82 Å². The molecule has 1 aliphatic heterocycles. The third kappa shape index (κ3) is 3.56. The Balaban J connectivity index is 0.000000704. The van der Waals surface area contributed by atoms with Gasteiger partial charge in [0.2, 0.25) is 0 Å². The van der Waals surface area contributed by atoms with E-state index in [2.05, 4.69) is 19.5 Å². The number of hydrogen-bond donors (Lipinski definition) is 1. The van der Waals surface area contributed by atoms with E-state index in [9.17, 15) is 4.39 Å². The van der Waals surface area contributed by atoms with Crippen LogP contribution in [-0.4, -0.2) is 18.1 Å². The van der Waals surface area contributed by atoms with E-state index in [-0.39, 0.29) is 5.82 Å². The summed E-state index contributed by atoms with van der Waals surface area (Å²) in [4.78, 5) is 4.23. The summed E-state index contributed by atoms with van der Waals surface area (Å²) in [6.07, 6.45) is 7.60. The molecule has 2 nitrogen and oxygen atoms in total. The minimum Gasteiger partial charge on any atom is -0.316 e. The van der Waals surface area contributed by atoms with Gasteiger partial charge in [-0.2, -0.15) is 0 Å². The number of pyridine rings is 1. The van der Waals surface area contributed by atoms with Crippen LogP contribution >= 0.6 is 9.24 Å². The summed E-state index contributed by atoms with van der Waals surface area (Å²) in [6.45, 7) is 6.38. The molecule has 2 fully saturated rings. The van der Waals surface area contributed by atoms with Gasteiger partial charge in [0.25, 0.3) is 0 Å². The maximum absolute atomic E-state index is 13.7. The normalized spacial score (nSPS) is 21.0. The molecule has 3 rings (SSSR count). The number of halogens is 1. The highest BCUT2D eigenvalue weighted by atomic mass is 31.0. The molecule has 1 N–H and O–H groups in total. The molecular formula is C16H26FN2P. The quantitative estimate of drug-likeness (QED) is 0.848. The van der Waals surface area contributed by atoms with Crippen LogP contribution in [0.3, 0.4) is 0 Å². The van der Waals surface area contributed by atoms with Crippen molar-refractivity contribution in [1.82, 2.24) is 10.3 Å². The van der Waals surface area contributed by atoms with Crippen molar-refractivity contribution in [3.8, 4) is 0 Å². The zero-order chi connectivity index (χ0) is 14.6. The van der Waals surface area contributed by atoms with Gasteiger partial charge in [-0.25, -0.2) is 4.39 Å². The van der Waals surface area contributed by atoms with Crippen LogP contribution < -0.4 is 10.6 Å². The van der Waals surface area contributed by atoms with Gasteiger partial charge in [0.05, 0.1) is 5.69 Å². The van der Waals surface area contributed by atoms with Gasteiger partial charge < -0.3 is 5.32 Å². The average Bonchev–Trinajstić information content (AvgIpc) is 2.43. The first-order valence-corrected chi connectivity index (χ1v) is 8.35.